The van der Waals surface area contributed by atoms with Crippen LogP contribution in [0.2, 0.25) is 0 Å². The molecule has 5 atom stereocenters. The molecule has 0 bridgehead atoms. The van der Waals surface area contributed by atoms with Crippen molar-refractivity contribution in [3.05, 3.63) is 65.2 Å². The van der Waals surface area contributed by atoms with Gasteiger partial charge in [0.2, 0.25) is 0 Å². The van der Waals surface area contributed by atoms with Crippen molar-refractivity contribution in [2.45, 2.75) is 63.3 Å². The summed E-state index contributed by atoms with van der Waals surface area (Å²) in [5, 5.41) is 39.4. The molecular formula is C23H30O6. The summed E-state index contributed by atoms with van der Waals surface area (Å²) in [6.45, 7) is 6.51. The summed E-state index contributed by atoms with van der Waals surface area (Å²) < 4.78 is 11.4. The van der Waals surface area contributed by atoms with Crippen LogP contribution in [0.25, 0.3) is 0 Å². The molecule has 0 saturated carbocycles. The lowest BCUT2D eigenvalue weighted by Crippen LogP contribution is -2.55. The molecule has 1 aliphatic heterocycles. The smallest absolute Gasteiger partial charge is 0.119 e. The first-order valence-electron chi connectivity index (χ1n) is 9.83. The summed E-state index contributed by atoms with van der Waals surface area (Å²) in [4.78, 5) is 0. The van der Waals surface area contributed by atoms with E-state index in [2.05, 4.69) is 45.0 Å². The number of benzene rings is 2. The van der Waals surface area contributed by atoms with E-state index in [-0.39, 0.29) is 5.41 Å². The summed E-state index contributed by atoms with van der Waals surface area (Å²) in [7, 11) is 0. The van der Waals surface area contributed by atoms with E-state index in [0.717, 1.165) is 5.56 Å². The predicted molar refractivity (Wildman–Crippen MR) is 109 cm³/mol. The van der Waals surface area contributed by atoms with Gasteiger partial charge in [-0.1, -0.05) is 57.2 Å². The van der Waals surface area contributed by atoms with Crippen molar-refractivity contribution < 1.29 is 29.9 Å². The Kier molecular flexibility index (Phi) is 6.61. The molecule has 6 nitrogen and oxygen atoms in total. The van der Waals surface area contributed by atoms with Crippen LogP contribution < -0.4 is 4.74 Å². The number of hydrogen-bond acceptors (Lipinski definition) is 6. The highest BCUT2D eigenvalue weighted by Gasteiger charge is 2.43. The van der Waals surface area contributed by atoms with Crippen LogP contribution in [0.5, 0.6) is 5.75 Å². The molecule has 1 heterocycles. The maximum atomic E-state index is 10.2. The quantitative estimate of drug-likeness (QED) is 0.611. The van der Waals surface area contributed by atoms with Crippen molar-refractivity contribution in [3.63, 3.8) is 0 Å². The Balaban J connectivity index is 1.63. The van der Waals surface area contributed by atoms with Crippen LogP contribution in [-0.2, 0) is 16.8 Å². The van der Waals surface area contributed by atoms with Gasteiger partial charge < -0.3 is 29.9 Å². The van der Waals surface area contributed by atoms with Gasteiger partial charge in [0.15, 0.2) is 0 Å². The lowest BCUT2D eigenvalue weighted by atomic mass is 9.87. The zero-order valence-electron chi connectivity index (χ0n) is 17.0. The van der Waals surface area contributed by atoms with Gasteiger partial charge in [-0.25, -0.2) is 0 Å². The molecule has 1 fully saturated rings. The molecule has 2 aromatic carbocycles. The van der Waals surface area contributed by atoms with Crippen LogP contribution in [-0.4, -0.2) is 51.4 Å². The monoisotopic (exact) mass is 402 g/mol. The van der Waals surface area contributed by atoms with Gasteiger partial charge in [-0.2, -0.15) is 0 Å². The third kappa shape index (κ3) is 4.97. The Morgan fingerprint density at radius 2 is 1.48 bits per heavy atom. The van der Waals surface area contributed by atoms with Gasteiger partial charge in [0.25, 0.3) is 0 Å². The first-order valence-corrected chi connectivity index (χ1v) is 9.83. The summed E-state index contributed by atoms with van der Waals surface area (Å²) in [6, 6.07) is 15.4. The second-order valence-electron chi connectivity index (χ2n) is 8.55. The molecule has 0 aliphatic carbocycles. The van der Waals surface area contributed by atoms with Gasteiger partial charge in [-0.3, -0.25) is 0 Å². The molecule has 0 radical (unpaired) electrons. The molecule has 158 valence electrons. The summed E-state index contributed by atoms with van der Waals surface area (Å²) in [5.41, 5.74) is 3.07. The van der Waals surface area contributed by atoms with E-state index in [4.69, 9.17) is 9.47 Å². The normalized spacial score (nSPS) is 27.6. The van der Waals surface area contributed by atoms with E-state index < -0.39 is 37.1 Å². The fourth-order valence-corrected chi connectivity index (χ4v) is 3.40. The molecule has 6 heteroatoms. The van der Waals surface area contributed by atoms with Crippen molar-refractivity contribution in [1.82, 2.24) is 0 Å². The van der Waals surface area contributed by atoms with Crippen molar-refractivity contribution >= 4 is 0 Å². The first-order chi connectivity index (χ1) is 13.7. The number of aliphatic hydroxyl groups excluding tert-OH is 4. The van der Waals surface area contributed by atoms with Crippen LogP contribution in [0.15, 0.2) is 48.5 Å². The van der Waals surface area contributed by atoms with Crippen LogP contribution in [0.3, 0.4) is 0 Å². The molecule has 0 amide bonds. The Labute approximate surface area is 171 Å². The maximum absolute atomic E-state index is 10.2. The topological polar surface area (TPSA) is 99.4 Å². The number of hydrogen-bond donors (Lipinski definition) is 4. The summed E-state index contributed by atoms with van der Waals surface area (Å²) in [5.74, 6) is 0.665. The minimum absolute atomic E-state index is 0.111. The predicted octanol–water partition coefficient (Wildman–Crippen LogP) is 2.08. The summed E-state index contributed by atoms with van der Waals surface area (Å²) >= 11 is 0. The zero-order valence-corrected chi connectivity index (χ0v) is 17.0. The van der Waals surface area contributed by atoms with E-state index in [1.165, 1.54) is 5.56 Å². The van der Waals surface area contributed by atoms with E-state index in [0.29, 0.717) is 17.9 Å². The van der Waals surface area contributed by atoms with Crippen LogP contribution >= 0.6 is 0 Å². The number of aliphatic hydroxyl groups is 4. The standard InChI is InChI=1S/C23H30O6/c1-23(2,3)16-8-4-14(5-9-16)13-28-17-10-6-15(7-11-17)22-21(27)20(26)19(25)18(12-24)29-22/h4-11,18-22,24-27H,12-13H2,1-3H3/t18-,19-,20+,21+,22?/m1/s1. The minimum Gasteiger partial charge on any atom is -0.489 e. The van der Waals surface area contributed by atoms with Gasteiger partial charge in [0.05, 0.1) is 6.61 Å². The van der Waals surface area contributed by atoms with E-state index in [9.17, 15) is 20.4 Å². The van der Waals surface area contributed by atoms with Crippen LogP contribution in [0, 0.1) is 0 Å². The average Bonchev–Trinajstić information content (AvgIpc) is 2.71. The first kappa shape index (κ1) is 21.7. The highest BCUT2D eigenvalue weighted by molar-refractivity contribution is 5.31. The Morgan fingerprint density at radius 1 is 0.862 bits per heavy atom. The Morgan fingerprint density at radius 3 is 2.03 bits per heavy atom. The van der Waals surface area contributed by atoms with Crippen LogP contribution in [0.1, 0.15) is 43.6 Å². The van der Waals surface area contributed by atoms with Crippen molar-refractivity contribution in [1.29, 1.82) is 0 Å². The van der Waals surface area contributed by atoms with Crippen molar-refractivity contribution in [3.8, 4) is 5.75 Å². The van der Waals surface area contributed by atoms with Gasteiger partial charge in [0, 0.05) is 0 Å². The largest absolute Gasteiger partial charge is 0.489 e. The van der Waals surface area contributed by atoms with Gasteiger partial charge in [0.1, 0.15) is 42.9 Å². The minimum atomic E-state index is -1.39. The molecular weight excluding hydrogens is 372 g/mol. The van der Waals surface area contributed by atoms with Crippen LogP contribution in [0.4, 0.5) is 0 Å². The Hall–Kier alpha value is -1.96. The number of ether oxygens (including phenoxy) is 2. The molecule has 1 unspecified atom stereocenters. The van der Waals surface area contributed by atoms with E-state index in [1.54, 1.807) is 24.3 Å². The lowest BCUT2D eigenvalue weighted by Gasteiger charge is -2.40. The second kappa shape index (κ2) is 8.81. The van der Waals surface area contributed by atoms with Gasteiger partial charge >= 0.3 is 0 Å². The molecule has 0 aromatic heterocycles. The van der Waals surface area contributed by atoms with E-state index >= 15 is 0 Å². The molecule has 0 spiro atoms. The molecule has 1 aliphatic rings. The van der Waals surface area contributed by atoms with Crippen molar-refractivity contribution in [2.75, 3.05) is 6.61 Å². The van der Waals surface area contributed by atoms with Crippen molar-refractivity contribution in [2.24, 2.45) is 0 Å². The maximum Gasteiger partial charge on any atom is 0.119 e. The van der Waals surface area contributed by atoms with Gasteiger partial charge in [-0.05, 0) is 34.2 Å². The fraction of sp³-hybridized carbons (Fsp3) is 0.478. The zero-order chi connectivity index (χ0) is 21.2. The third-order valence-corrected chi connectivity index (χ3v) is 5.33. The SMILES string of the molecule is CC(C)(C)c1ccc(COc2ccc(C3O[C@H](CO)[C@@H](O)[C@H](O)[C@@H]3O)cc2)cc1. The molecule has 1 saturated heterocycles. The lowest BCUT2D eigenvalue weighted by molar-refractivity contribution is -0.231. The highest BCUT2D eigenvalue weighted by Crippen LogP contribution is 2.33. The van der Waals surface area contributed by atoms with E-state index in [1.807, 2.05) is 0 Å². The fourth-order valence-electron chi connectivity index (χ4n) is 3.40. The highest BCUT2D eigenvalue weighted by atomic mass is 16.5. The summed E-state index contributed by atoms with van der Waals surface area (Å²) in [6.07, 6.45) is -5.81. The average molecular weight is 402 g/mol. The third-order valence-electron chi connectivity index (χ3n) is 5.33. The second-order valence-corrected chi connectivity index (χ2v) is 8.55. The molecule has 29 heavy (non-hydrogen) atoms. The molecule has 4 N–H and O–H groups in total. The molecule has 3 rings (SSSR count). The Bertz CT molecular complexity index is 779. The number of rotatable bonds is 5. The van der Waals surface area contributed by atoms with Gasteiger partial charge in [-0.15, -0.1) is 0 Å². The molecule has 2 aromatic rings.